The number of amides is 2. The molecule has 4 rings (SSSR count). The van der Waals surface area contributed by atoms with Crippen LogP contribution in [0.25, 0.3) is 20.9 Å². The fourth-order valence-corrected chi connectivity index (χ4v) is 3.83. The Bertz CT molecular complexity index is 1140. The number of benzene rings is 3. The van der Waals surface area contributed by atoms with E-state index in [9.17, 15) is 9.59 Å². The fourth-order valence-electron chi connectivity index (χ4n) is 2.87. The largest absolute Gasteiger partial charge is 0.481 e. The molecular formula is C22H18N2O3S. The number of thiophene rings is 1. The van der Waals surface area contributed by atoms with Crippen LogP contribution in [-0.4, -0.2) is 17.9 Å². The number of hydrogen-bond acceptors (Lipinski definition) is 4. The molecule has 28 heavy (non-hydrogen) atoms. The normalized spacial score (nSPS) is 11.9. The molecule has 2 amide bonds. The van der Waals surface area contributed by atoms with E-state index in [0.29, 0.717) is 10.6 Å². The van der Waals surface area contributed by atoms with Crippen LogP contribution in [0.3, 0.4) is 0 Å². The Hall–Kier alpha value is -3.38. The Morgan fingerprint density at radius 2 is 1.57 bits per heavy atom. The molecule has 0 saturated carbocycles. The van der Waals surface area contributed by atoms with Gasteiger partial charge in [-0.25, -0.2) is 0 Å². The maximum Gasteiger partial charge on any atom is 0.279 e. The molecule has 0 aliphatic carbocycles. The highest BCUT2D eigenvalue weighted by molar-refractivity contribution is 7.20. The topological polar surface area (TPSA) is 67.4 Å². The number of carbonyl (C=O) groups is 2. The number of carbonyl (C=O) groups excluding carboxylic acids is 2. The third-order valence-corrected chi connectivity index (χ3v) is 5.47. The standard InChI is InChI=1S/C22H18N2O3S/c1-14(27-18-11-10-15-6-2-3-7-16(15)12-18)21(25)23-24-22(26)20-13-17-8-4-5-9-19(17)28-20/h2-14H,1H3,(H,23,25)(H,24,26). The van der Waals surface area contributed by atoms with Gasteiger partial charge in [0, 0.05) is 4.70 Å². The van der Waals surface area contributed by atoms with Crippen LogP contribution in [0.4, 0.5) is 0 Å². The Labute approximate surface area is 165 Å². The van der Waals surface area contributed by atoms with Crippen LogP contribution in [0.1, 0.15) is 16.6 Å². The van der Waals surface area contributed by atoms with Crippen molar-refractivity contribution < 1.29 is 14.3 Å². The number of nitrogens with one attached hydrogen (secondary N) is 2. The van der Waals surface area contributed by atoms with Crippen molar-refractivity contribution in [1.29, 1.82) is 0 Å². The summed E-state index contributed by atoms with van der Waals surface area (Å²) >= 11 is 1.37. The molecule has 0 bridgehead atoms. The second-order valence-electron chi connectivity index (χ2n) is 6.36. The molecule has 0 aliphatic rings. The Morgan fingerprint density at radius 1 is 0.857 bits per heavy atom. The lowest BCUT2D eigenvalue weighted by atomic mass is 10.1. The third kappa shape index (κ3) is 3.82. The van der Waals surface area contributed by atoms with Gasteiger partial charge in [-0.2, -0.15) is 0 Å². The van der Waals surface area contributed by atoms with Gasteiger partial charge in [-0.3, -0.25) is 20.4 Å². The highest BCUT2D eigenvalue weighted by Crippen LogP contribution is 2.25. The molecule has 1 aromatic heterocycles. The van der Waals surface area contributed by atoms with Gasteiger partial charge in [-0.05, 0) is 47.3 Å². The van der Waals surface area contributed by atoms with Crippen molar-refractivity contribution in [3.8, 4) is 5.75 Å². The summed E-state index contributed by atoms with van der Waals surface area (Å²) in [4.78, 5) is 25.1. The van der Waals surface area contributed by atoms with Crippen molar-refractivity contribution in [1.82, 2.24) is 10.9 Å². The number of hydrogen-bond donors (Lipinski definition) is 2. The minimum atomic E-state index is -0.760. The van der Waals surface area contributed by atoms with E-state index >= 15 is 0 Å². The van der Waals surface area contributed by atoms with Gasteiger partial charge in [0.1, 0.15) is 5.75 Å². The zero-order valence-corrected chi connectivity index (χ0v) is 16.0. The average molecular weight is 390 g/mol. The van der Waals surface area contributed by atoms with E-state index in [1.54, 1.807) is 13.0 Å². The monoisotopic (exact) mass is 390 g/mol. The average Bonchev–Trinajstić information content (AvgIpc) is 3.16. The van der Waals surface area contributed by atoms with Crippen molar-refractivity contribution in [3.63, 3.8) is 0 Å². The molecule has 0 spiro atoms. The van der Waals surface area contributed by atoms with E-state index in [1.165, 1.54) is 11.3 Å². The summed E-state index contributed by atoms with van der Waals surface area (Å²) in [7, 11) is 0. The zero-order valence-electron chi connectivity index (χ0n) is 15.1. The van der Waals surface area contributed by atoms with Gasteiger partial charge in [0.05, 0.1) is 4.88 Å². The van der Waals surface area contributed by atoms with E-state index in [0.717, 1.165) is 20.9 Å². The first-order valence-corrected chi connectivity index (χ1v) is 9.66. The van der Waals surface area contributed by atoms with Crippen LogP contribution in [-0.2, 0) is 4.79 Å². The summed E-state index contributed by atoms with van der Waals surface area (Å²) in [5.74, 6) is -0.188. The molecule has 1 heterocycles. The molecule has 0 aliphatic heterocycles. The van der Waals surface area contributed by atoms with Gasteiger partial charge in [-0.15, -0.1) is 11.3 Å². The van der Waals surface area contributed by atoms with Crippen LogP contribution in [0.15, 0.2) is 72.8 Å². The summed E-state index contributed by atoms with van der Waals surface area (Å²) in [6.45, 7) is 1.64. The first kappa shape index (κ1) is 18.0. The van der Waals surface area contributed by atoms with E-state index in [-0.39, 0.29) is 5.91 Å². The summed E-state index contributed by atoms with van der Waals surface area (Å²) in [6, 6.07) is 23.1. The predicted octanol–water partition coefficient (Wildman–Crippen LogP) is 4.28. The first-order valence-electron chi connectivity index (χ1n) is 8.84. The van der Waals surface area contributed by atoms with Crippen LogP contribution >= 0.6 is 11.3 Å². The fraction of sp³-hybridized carbons (Fsp3) is 0.0909. The molecule has 0 fully saturated rings. The molecule has 0 radical (unpaired) electrons. The highest BCUT2D eigenvalue weighted by Gasteiger charge is 2.17. The van der Waals surface area contributed by atoms with Crippen molar-refractivity contribution in [2.24, 2.45) is 0 Å². The van der Waals surface area contributed by atoms with Crippen LogP contribution in [0.2, 0.25) is 0 Å². The number of fused-ring (bicyclic) bond motifs is 2. The molecule has 0 saturated heterocycles. The van der Waals surface area contributed by atoms with Crippen LogP contribution in [0.5, 0.6) is 5.75 Å². The van der Waals surface area contributed by atoms with Gasteiger partial charge in [0.15, 0.2) is 6.10 Å². The van der Waals surface area contributed by atoms with Crippen molar-refractivity contribution in [2.45, 2.75) is 13.0 Å². The third-order valence-electron chi connectivity index (χ3n) is 4.35. The predicted molar refractivity (Wildman–Crippen MR) is 111 cm³/mol. The Kier molecular flexibility index (Phi) is 4.95. The summed E-state index contributed by atoms with van der Waals surface area (Å²) in [5.41, 5.74) is 4.87. The van der Waals surface area contributed by atoms with E-state index in [2.05, 4.69) is 10.9 Å². The molecule has 6 heteroatoms. The second-order valence-corrected chi connectivity index (χ2v) is 7.44. The van der Waals surface area contributed by atoms with Crippen LogP contribution in [0, 0.1) is 0 Å². The molecule has 5 nitrogen and oxygen atoms in total. The second kappa shape index (κ2) is 7.70. The Balaban J connectivity index is 1.36. The number of rotatable bonds is 4. The number of ether oxygens (including phenoxy) is 1. The molecule has 2 N–H and O–H groups in total. The van der Waals surface area contributed by atoms with Gasteiger partial charge in [0.2, 0.25) is 0 Å². The molecule has 4 aromatic rings. The summed E-state index contributed by atoms with van der Waals surface area (Å²) in [5, 5.41) is 3.13. The SMILES string of the molecule is CC(Oc1ccc2ccccc2c1)C(=O)NNC(=O)c1cc2ccccc2s1. The quantitative estimate of drug-likeness (QED) is 0.511. The lowest BCUT2D eigenvalue weighted by Crippen LogP contribution is -2.47. The molecule has 3 aromatic carbocycles. The van der Waals surface area contributed by atoms with E-state index < -0.39 is 12.0 Å². The minimum absolute atomic E-state index is 0.354. The van der Waals surface area contributed by atoms with Crippen molar-refractivity contribution in [3.05, 3.63) is 77.7 Å². The van der Waals surface area contributed by atoms with E-state index in [1.807, 2.05) is 66.7 Å². The van der Waals surface area contributed by atoms with Crippen LogP contribution < -0.4 is 15.6 Å². The summed E-state index contributed by atoms with van der Waals surface area (Å²) in [6.07, 6.45) is -0.760. The molecule has 140 valence electrons. The van der Waals surface area contributed by atoms with Gasteiger partial charge in [0.25, 0.3) is 11.8 Å². The minimum Gasteiger partial charge on any atom is -0.481 e. The zero-order chi connectivity index (χ0) is 19.5. The van der Waals surface area contributed by atoms with Crippen molar-refractivity contribution in [2.75, 3.05) is 0 Å². The lowest BCUT2D eigenvalue weighted by molar-refractivity contribution is -0.128. The van der Waals surface area contributed by atoms with Crippen molar-refractivity contribution >= 4 is 44.0 Å². The smallest absolute Gasteiger partial charge is 0.279 e. The van der Waals surface area contributed by atoms with Gasteiger partial charge >= 0.3 is 0 Å². The van der Waals surface area contributed by atoms with Gasteiger partial charge in [-0.1, -0.05) is 48.5 Å². The van der Waals surface area contributed by atoms with Gasteiger partial charge < -0.3 is 4.74 Å². The van der Waals surface area contributed by atoms with E-state index in [4.69, 9.17) is 4.74 Å². The maximum atomic E-state index is 12.3. The Morgan fingerprint density at radius 3 is 2.36 bits per heavy atom. The molecule has 1 unspecified atom stereocenters. The highest BCUT2D eigenvalue weighted by atomic mass is 32.1. The lowest BCUT2D eigenvalue weighted by Gasteiger charge is -2.15. The molecular weight excluding hydrogens is 372 g/mol. The first-order chi connectivity index (χ1) is 13.6. The number of hydrazine groups is 1. The maximum absolute atomic E-state index is 12.3. The summed E-state index contributed by atoms with van der Waals surface area (Å²) < 4.78 is 6.73. The molecule has 1 atom stereocenters.